The van der Waals surface area contributed by atoms with Gasteiger partial charge in [-0.05, 0) is 35.8 Å². The molecule has 0 amide bonds. The van der Waals surface area contributed by atoms with Crippen LogP contribution in [0.1, 0.15) is 13.8 Å². The Morgan fingerprint density at radius 1 is 1.17 bits per heavy atom. The highest BCUT2D eigenvalue weighted by atomic mass is 79.9. The minimum absolute atomic E-state index is 0.578. The molecule has 0 bridgehead atoms. The van der Waals surface area contributed by atoms with Crippen LogP contribution in [-0.2, 0) is 0 Å². The van der Waals surface area contributed by atoms with Crippen molar-refractivity contribution in [2.75, 3.05) is 13.2 Å². The summed E-state index contributed by atoms with van der Waals surface area (Å²) in [6, 6.07) is 3.76. The molecule has 0 aliphatic heterocycles. The van der Waals surface area contributed by atoms with Crippen LogP contribution >= 0.6 is 27.5 Å². The zero-order chi connectivity index (χ0) is 13.1. The van der Waals surface area contributed by atoms with E-state index >= 15 is 0 Å². The topological polar surface area (TPSA) is 31.4 Å². The van der Waals surface area contributed by atoms with Gasteiger partial charge >= 0.3 is 0 Å². The Hall–Kier alpha value is -1.00. The molecule has 0 fully saturated rings. The van der Waals surface area contributed by atoms with Crippen LogP contribution in [0.5, 0.6) is 11.5 Å². The number of benzene rings is 1. The third-order valence-electron chi connectivity index (χ3n) is 2.42. The molecule has 1 heterocycles. The number of hydrogen-bond acceptors (Lipinski definition) is 3. The van der Waals surface area contributed by atoms with E-state index < -0.39 is 0 Å². The van der Waals surface area contributed by atoms with E-state index in [0.717, 1.165) is 15.4 Å². The summed E-state index contributed by atoms with van der Waals surface area (Å²) in [7, 11) is 0. The zero-order valence-electron chi connectivity index (χ0n) is 10.2. The average molecular weight is 331 g/mol. The molecule has 18 heavy (non-hydrogen) atoms. The quantitative estimate of drug-likeness (QED) is 0.830. The molecule has 2 aromatic rings. The second kappa shape index (κ2) is 5.76. The maximum Gasteiger partial charge on any atom is 0.163 e. The van der Waals surface area contributed by atoms with Gasteiger partial charge in [0.15, 0.2) is 11.5 Å². The van der Waals surface area contributed by atoms with Gasteiger partial charge in [-0.25, -0.2) is 0 Å². The normalized spacial score (nSPS) is 10.7. The van der Waals surface area contributed by atoms with Crippen molar-refractivity contribution >= 4 is 38.4 Å². The van der Waals surface area contributed by atoms with Gasteiger partial charge < -0.3 is 9.47 Å². The fourth-order valence-corrected chi connectivity index (χ4v) is 2.25. The summed E-state index contributed by atoms with van der Waals surface area (Å²) in [5.41, 5.74) is 0.818. The summed E-state index contributed by atoms with van der Waals surface area (Å²) in [6.45, 7) is 5.04. The largest absolute Gasteiger partial charge is 0.490 e. The molecular weight excluding hydrogens is 318 g/mol. The van der Waals surface area contributed by atoms with E-state index in [4.69, 9.17) is 21.1 Å². The summed E-state index contributed by atoms with van der Waals surface area (Å²) < 4.78 is 11.9. The maximum atomic E-state index is 6.04. The predicted molar refractivity (Wildman–Crippen MR) is 76.8 cm³/mol. The highest BCUT2D eigenvalue weighted by Crippen LogP contribution is 2.37. The number of nitrogens with zero attached hydrogens (tertiary/aromatic N) is 1. The first-order valence-corrected chi connectivity index (χ1v) is 6.87. The molecule has 3 nitrogen and oxygen atoms in total. The van der Waals surface area contributed by atoms with E-state index in [-0.39, 0.29) is 0 Å². The van der Waals surface area contributed by atoms with Gasteiger partial charge in [-0.15, -0.1) is 0 Å². The Kier molecular flexibility index (Phi) is 4.30. The molecule has 0 saturated carbocycles. The number of ether oxygens (including phenoxy) is 2. The Morgan fingerprint density at radius 3 is 2.39 bits per heavy atom. The monoisotopic (exact) mass is 329 g/mol. The number of rotatable bonds is 4. The van der Waals surface area contributed by atoms with Crippen molar-refractivity contribution < 1.29 is 9.47 Å². The van der Waals surface area contributed by atoms with Crippen LogP contribution in [-0.4, -0.2) is 18.2 Å². The van der Waals surface area contributed by atoms with Crippen molar-refractivity contribution in [3.8, 4) is 11.5 Å². The number of aromatic nitrogens is 1. The number of fused-ring (bicyclic) bond motifs is 1. The first-order valence-electron chi connectivity index (χ1n) is 5.70. The molecule has 0 saturated heterocycles. The molecule has 1 aromatic carbocycles. The summed E-state index contributed by atoms with van der Waals surface area (Å²) in [5, 5.41) is 1.49. The standard InChI is InChI=1S/C13H13BrClNO2/c1-3-17-11-5-8-10(6-12(11)18-4-2)16-7-9(15)13(8)14/h5-7H,3-4H2,1-2H3. The summed E-state index contributed by atoms with van der Waals surface area (Å²) in [6.07, 6.45) is 1.62. The summed E-state index contributed by atoms with van der Waals surface area (Å²) in [5.74, 6) is 1.41. The molecule has 96 valence electrons. The lowest BCUT2D eigenvalue weighted by atomic mass is 10.2. The van der Waals surface area contributed by atoms with Gasteiger partial charge in [-0.1, -0.05) is 11.6 Å². The van der Waals surface area contributed by atoms with Gasteiger partial charge in [-0.3, -0.25) is 4.98 Å². The van der Waals surface area contributed by atoms with Crippen molar-refractivity contribution in [1.82, 2.24) is 4.98 Å². The van der Waals surface area contributed by atoms with E-state index in [1.54, 1.807) is 6.20 Å². The van der Waals surface area contributed by atoms with Crippen LogP contribution in [0.4, 0.5) is 0 Å². The lowest BCUT2D eigenvalue weighted by Gasteiger charge is -2.12. The van der Waals surface area contributed by atoms with Crippen molar-refractivity contribution in [3.05, 3.63) is 27.8 Å². The molecule has 0 unspecified atom stereocenters. The number of hydrogen-bond donors (Lipinski definition) is 0. The van der Waals surface area contributed by atoms with E-state index in [1.165, 1.54) is 0 Å². The van der Waals surface area contributed by atoms with Crippen LogP contribution in [0, 0.1) is 0 Å². The molecule has 5 heteroatoms. The van der Waals surface area contributed by atoms with Crippen LogP contribution in [0.3, 0.4) is 0 Å². The van der Waals surface area contributed by atoms with Gasteiger partial charge in [0.2, 0.25) is 0 Å². The van der Waals surface area contributed by atoms with Crippen molar-refractivity contribution in [2.45, 2.75) is 13.8 Å². The average Bonchev–Trinajstić information content (AvgIpc) is 2.36. The zero-order valence-corrected chi connectivity index (χ0v) is 12.5. The Morgan fingerprint density at radius 2 is 1.78 bits per heavy atom. The van der Waals surface area contributed by atoms with Gasteiger partial charge in [0.1, 0.15) is 0 Å². The van der Waals surface area contributed by atoms with E-state index in [2.05, 4.69) is 20.9 Å². The SMILES string of the molecule is CCOc1cc2ncc(Cl)c(Br)c2cc1OCC. The number of halogens is 2. The first-order chi connectivity index (χ1) is 8.67. The third-order valence-corrected chi connectivity index (χ3v) is 3.79. The molecule has 0 atom stereocenters. The highest BCUT2D eigenvalue weighted by molar-refractivity contribution is 9.10. The minimum Gasteiger partial charge on any atom is -0.490 e. The Balaban J connectivity index is 2.64. The summed E-state index contributed by atoms with van der Waals surface area (Å²) >= 11 is 9.50. The van der Waals surface area contributed by atoms with Crippen LogP contribution in [0.25, 0.3) is 10.9 Å². The molecule has 1 aromatic heterocycles. The third kappa shape index (κ3) is 2.54. The fourth-order valence-electron chi connectivity index (χ4n) is 1.68. The molecular formula is C13H13BrClNO2. The van der Waals surface area contributed by atoms with Gasteiger partial charge in [0.25, 0.3) is 0 Å². The molecule has 0 radical (unpaired) electrons. The molecule has 0 spiro atoms. The van der Waals surface area contributed by atoms with Crippen LogP contribution in [0.15, 0.2) is 22.8 Å². The lowest BCUT2D eigenvalue weighted by Crippen LogP contribution is -1.99. The maximum absolute atomic E-state index is 6.04. The van der Waals surface area contributed by atoms with Crippen molar-refractivity contribution in [2.24, 2.45) is 0 Å². The predicted octanol–water partition coefficient (Wildman–Crippen LogP) is 4.45. The first kappa shape index (κ1) is 13.4. The van der Waals surface area contributed by atoms with Crippen LogP contribution in [0.2, 0.25) is 5.02 Å². The minimum atomic E-state index is 0.578. The second-order valence-electron chi connectivity index (χ2n) is 3.60. The van der Waals surface area contributed by atoms with Crippen LogP contribution < -0.4 is 9.47 Å². The number of pyridine rings is 1. The molecule has 0 aliphatic rings. The molecule has 0 N–H and O–H groups in total. The van der Waals surface area contributed by atoms with E-state index in [1.807, 2.05) is 26.0 Å². The van der Waals surface area contributed by atoms with E-state index in [9.17, 15) is 0 Å². The summed E-state index contributed by atoms with van der Waals surface area (Å²) in [4.78, 5) is 4.29. The van der Waals surface area contributed by atoms with Gasteiger partial charge in [0, 0.05) is 22.1 Å². The molecule has 0 aliphatic carbocycles. The lowest BCUT2D eigenvalue weighted by molar-refractivity contribution is 0.288. The smallest absolute Gasteiger partial charge is 0.163 e. The van der Waals surface area contributed by atoms with Gasteiger partial charge in [0.05, 0.1) is 23.8 Å². The van der Waals surface area contributed by atoms with Crippen molar-refractivity contribution in [3.63, 3.8) is 0 Å². The Labute approximate surface area is 119 Å². The van der Waals surface area contributed by atoms with E-state index in [0.29, 0.717) is 29.7 Å². The Bertz CT molecular complexity index is 574. The highest BCUT2D eigenvalue weighted by Gasteiger charge is 2.11. The van der Waals surface area contributed by atoms with Crippen molar-refractivity contribution in [1.29, 1.82) is 0 Å². The fraction of sp³-hybridized carbons (Fsp3) is 0.308. The second-order valence-corrected chi connectivity index (χ2v) is 4.80. The molecule has 2 rings (SSSR count). The van der Waals surface area contributed by atoms with Gasteiger partial charge in [-0.2, -0.15) is 0 Å².